The van der Waals surface area contributed by atoms with E-state index in [-0.39, 0.29) is 5.91 Å². The van der Waals surface area contributed by atoms with Gasteiger partial charge in [0.15, 0.2) is 0 Å². The minimum absolute atomic E-state index is 0.0376. The number of fused-ring (bicyclic) bond motifs is 1. The maximum Gasteiger partial charge on any atom is 0.234 e. The van der Waals surface area contributed by atoms with Gasteiger partial charge in [0.2, 0.25) is 5.91 Å². The highest BCUT2D eigenvalue weighted by Crippen LogP contribution is 2.41. The fraction of sp³-hybridized carbons (Fsp3) is 0.611. The monoisotopic (exact) mass is 287 g/mol. The molecule has 2 aliphatic rings. The van der Waals surface area contributed by atoms with E-state index in [9.17, 15) is 9.90 Å². The van der Waals surface area contributed by atoms with Gasteiger partial charge in [-0.3, -0.25) is 4.79 Å². The standard InChI is InChI=1S/C18H25NO2/c1-11-4-6-12(7-5-11)16(20)13-8-9-15-14(10-13)18(2,3)17(21)19-15/h8-12,16,20H,4-7H2,1-3H3,(H,19,21). The van der Waals surface area contributed by atoms with Crippen LogP contribution in [-0.4, -0.2) is 11.0 Å². The molecular formula is C18H25NO2. The Hall–Kier alpha value is -1.35. The van der Waals surface area contributed by atoms with Crippen molar-refractivity contribution in [3.05, 3.63) is 29.3 Å². The van der Waals surface area contributed by atoms with Crippen LogP contribution in [0, 0.1) is 11.8 Å². The van der Waals surface area contributed by atoms with E-state index in [0.29, 0.717) is 5.92 Å². The van der Waals surface area contributed by atoms with Crippen molar-refractivity contribution in [2.45, 2.75) is 58.0 Å². The molecule has 0 radical (unpaired) electrons. The Kier molecular flexibility index (Phi) is 3.56. The number of benzene rings is 1. The lowest BCUT2D eigenvalue weighted by Gasteiger charge is -2.30. The van der Waals surface area contributed by atoms with Crippen LogP contribution in [0.1, 0.15) is 63.7 Å². The van der Waals surface area contributed by atoms with Crippen LogP contribution in [0.2, 0.25) is 0 Å². The number of anilines is 1. The van der Waals surface area contributed by atoms with E-state index in [4.69, 9.17) is 0 Å². The van der Waals surface area contributed by atoms with Crippen LogP contribution < -0.4 is 5.32 Å². The number of carbonyl (C=O) groups is 1. The Morgan fingerprint density at radius 1 is 1.24 bits per heavy atom. The van der Waals surface area contributed by atoms with Crippen LogP contribution in [-0.2, 0) is 10.2 Å². The average molecular weight is 287 g/mol. The summed E-state index contributed by atoms with van der Waals surface area (Å²) in [6, 6.07) is 5.92. The van der Waals surface area contributed by atoms with Crippen molar-refractivity contribution < 1.29 is 9.90 Å². The molecule has 1 aliphatic carbocycles. The van der Waals surface area contributed by atoms with Crippen LogP contribution in [0.15, 0.2) is 18.2 Å². The van der Waals surface area contributed by atoms with Crippen LogP contribution in [0.25, 0.3) is 0 Å². The van der Waals surface area contributed by atoms with Gasteiger partial charge in [-0.05, 0) is 55.7 Å². The van der Waals surface area contributed by atoms with E-state index >= 15 is 0 Å². The molecule has 1 fully saturated rings. The molecule has 1 unspecified atom stereocenters. The van der Waals surface area contributed by atoms with Crippen LogP contribution in [0.4, 0.5) is 5.69 Å². The van der Waals surface area contributed by atoms with E-state index in [0.717, 1.165) is 35.6 Å². The Morgan fingerprint density at radius 3 is 2.57 bits per heavy atom. The van der Waals surface area contributed by atoms with Gasteiger partial charge in [0.25, 0.3) is 0 Å². The highest BCUT2D eigenvalue weighted by atomic mass is 16.3. The zero-order valence-electron chi connectivity index (χ0n) is 13.1. The van der Waals surface area contributed by atoms with Crippen LogP contribution >= 0.6 is 0 Å². The molecule has 3 nitrogen and oxygen atoms in total. The van der Waals surface area contributed by atoms with Gasteiger partial charge in [-0.1, -0.05) is 31.9 Å². The fourth-order valence-corrected chi connectivity index (χ4v) is 3.65. The number of nitrogens with one attached hydrogen (secondary N) is 1. The molecule has 3 rings (SSSR count). The van der Waals surface area contributed by atoms with Gasteiger partial charge in [0.1, 0.15) is 0 Å². The number of aliphatic hydroxyl groups is 1. The molecule has 1 atom stereocenters. The highest BCUT2D eigenvalue weighted by molar-refractivity contribution is 6.05. The number of aliphatic hydroxyl groups excluding tert-OH is 1. The Morgan fingerprint density at radius 2 is 1.90 bits per heavy atom. The third-order valence-corrected chi connectivity index (χ3v) is 5.38. The van der Waals surface area contributed by atoms with Crippen molar-refractivity contribution >= 4 is 11.6 Å². The zero-order chi connectivity index (χ0) is 15.2. The van der Waals surface area contributed by atoms with Gasteiger partial charge in [-0.2, -0.15) is 0 Å². The highest BCUT2D eigenvalue weighted by Gasteiger charge is 2.39. The summed E-state index contributed by atoms with van der Waals surface area (Å²) in [6.45, 7) is 6.16. The minimum atomic E-state index is -0.508. The first kappa shape index (κ1) is 14.6. The molecule has 1 aromatic carbocycles. The first-order valence-corrected chi connectivity index (χ1v) is 8.03. The first-order chi connectivity index (χ1) is 9.89. The Labute approximate surface area is 126 Å². The summed E-state index contributed by atoms with van der Waals surface area (Å²) in [5.74, 6) is 1.18. The number of carbonyl (C=O) groups excluding carboxylic acids is 1. The van der Waals surface area contributed by atoms with Gasteiger partial charge in [0.05, 0.1) is 11.5 Å². The molecule has 3 heteroatoms. The second-order valence-electron chi connectivity index (χ2n) is 7.35. The third kappa shape index (κ3) is 2.48. The third-order valence-electron chi connectivity index (χ3n) is 5.38. The van der Waals surface area contributed by atoms with E-state index in [2.05, 4.69) is 12.2 Å². The number of hydrogen-bond donors (Lipinski definition) is 2. The lowest BCUT2D eigenvalue weighted by Crippen LogP contribution is -2.27. The summed E-state index contributed by atoms with van der Waals surface area (Å²) in [5, 5.41) is 13.6. The molecule has 1 heterocycles. The lowest BCUT2D eigenvalue weighted by molar-refractivity contribution is -0.119. The van der Waals surface area contributed by atoms with Crippen molar-refractivity contribution in [2.75, 3.05) is 5.32 Å². The first-order valence-electron chi connectivity index (χ1n) is 8.03. The van der Waals surface area contributed by atoms with Crippen molar-refractivity contribution in [3.8, 4) is 0 Å². The molecular weight excluding hydrogens is 262 g/mol. The van der Waals surface area contributed by atoms with Gasteiger partial charge >= 0.3 is 0 Å². The van der Waals surface area contributed by atoms with Crippen molar-refractivity contribution in [1.29, 1.82) is 0 Å². The molecule has 1 amide bonds. The summed E-state index contributed by atoms with van der Waals surface area (Å²) in [4.78, 5) is 12.0. The summed E-state index contributed by atoms with van der Waals surface area (Å²) in [5.41, 5.74) is 2.34. The maximum absolute atomic E-state index is 12.0. The second-order valence-corrected chi connectivity index (χ2v) is 7.35. The molecule has 21 heavy (non-hydrogen) atoms. The topological polar surface area (TPSA) is 49.3 Å². The maximum atomic E-state index is 12.0. The van der Waals surface area contributed by atoms with Crippen molar-refractivity contribution in [1.82, 2.24) is 0 Å². The van der Waals surface area contributed by atoms with Crippen molar-refractivity contribution in [3.63, 3.8) is 0 Å². The predicted molar refractivity (Wildman–Crippen MR) is 84.2 cm³/mol. The summed E-state index contributed by atoms with van der Waals surface area (Å²) in [7, 11) is 0. The molecule has 0 spiro atoms. The van der Waals surface area contributed by atoms with Crippen LogP contribution in [0.5, 0.6) is 0 Å². The number of rotatable bonds is 2. The molecule has 1 saturated carbocycles. The van der Waals surface area contributed by atoms with E-state index in [1.54, 1.807) is 0 Å². The molecule has 0 bridgehead atoms. The minimum Gasteiger partial charge on any atom is -0.388 e. The zero-order valence-corrected chi connectivity index (χ0v) is 13.1. The predicted octanol–water partition coefficient (Wildman–Crippen LogP) is 3.78. The Balaban J connectivity index is 1.84. The van der Waals surface area contributed by atoms with E-state index in [1.807, 2.05) is 32.0 Å². The van der Waals surface area contributed by atoms with Crippen molar-refractivity contribution in [2.24, 2.45) is 11.8 Å². The fourth-order valence-electron chi connectivity index (χ4n) is 3.65. The molecule has 114 valence electrons. The van der Waals surface area contributed by atoms with Crippen LogP contribution in [0.3, 0.4) is 0 Å². The summed E-state index contributed by atoms with van der Waals surface area (Å²) in [6.07, 6.45) is 4.20. The molecule has 1 aliphatic heterocycles. The molecule has 2 N–H and O–H groups in total. The Bertz CT molecular complexity index is 556. The number of hydrogen-bond acceptors (Lipinski definition) is 2. The second kappa shape index (κ2) is 5.13. The lowest BCUT2D eigenvalue weighted by atomic mass is 9.77. The smallest absolute Gasteiger partial charge is 0.234 e. The van der Waals surface area contributed by atoms with Gasteiger partial charge in [-0.25, -0.2) is 0 Å². The average Bonchev–Trinajstić information content (AvgIpc) is 2.69. The van der Waals surface area contributed by atoms with E-state index < -0.39 is 11.5 Å². The molecule has 1 aromatic rings. The van der Waals surface area contributed by atoms with Gasteiger partial charge in [0, 0.05) is 5.69 Å². The summed E-state index contributed by atoms with van der Waals surface area (Å²) >= 11 is 0. The van der Waals surface area contributed by atoms with Gasteiger partial charge < -0.3 is 10.4 Å². The van der Waals surface area contributed by atoms with Gasteiger partial charge in [-0.15, -0.1) is 0 Å². The normalized spacial score (nSPS) is 28.9. The molecule has 0 saturated heterocycles. The largest absolute Gasteiger partial charge is 0.388 e. The number of amides is 1. The summed E-state index contributed by atoms with van der Waals surface area (Å²) < 4.78 is 0. The SMILES string of the molecule is CC1CCC(C(O)c2ccc3c(c2)C(C)(C)C(=O)N3)CC1. The quantitative estimate of drug-likeness (QED) is 0.869. The van der Waals surface area contributed by atoms with E-state index in [1.165, 1.54) is 12.8 Å². The molecule has 0 aromatic heterocycles.